The van der Waals surface area contributed by atoms with Crippen LogP contribution in [0.25, 0.3) is 21.7 Å². The zero-order chi connectivity index (χ0) is 13.6. The van der Waals surface area contributed by atoms with Crippen LogP contribution in [-0.2, 0) is 4.74 Å². The molecule has 1 aromatic carbocycles. The third-order valence-corrected chi connectivity index (χ3v) is 3.13. The fourth-order valence-electron chi connectivity index (χ4n) is 2.31. The maximum Gasteiger partial charge on any atom is 0.374 e. The summed E-state index contributed by atoms with van der Waals surface area (Å²) >= 11 is 0. The van der Waals surface area contributed by atoms with E-state index in [0.717, 1.165) is 5.39 Å². The first-order valence-corrected chi connectivity index (χ1v) is 5.76. The number of aryl methyl sites for hydroxylation is 1. The second-order valence-corrected chi connectivity index (χ2v) is 4.23. The van der Waals surface area contributed by atoms with Crippen LogP contribution >= 0.6 is 0 Å². The summed E-state index contributed by atoms with van der Waals surface area (Å²) in [7, 11) is 1.28. The highest BCUT2D eigenvalue weighted by Gasteiger charge is 2.22. The molecule has 0 spiro atoms. The Balaban J connectivity index is 2.60. The predicted octanol–water partition coefficient (Wildman–Crippen LogP) is 2.37. The number of aromatic nitrogens is 1. The van der Waals surface area contributed by atoms with Gasteiger partial charge in [-0.3, -0.25) is 4.79 Å². The number of nitrogens with one attached hydrogen (secondary N) is 1. The summed E-state index contributed by atoms with van der Waals surface area (Å²) in [4.78, 5) is 26.6. The summed E-state index contributed by atoms with van der Waals surface area (Å²) < 4.78 is 10.1. The second-order valence-electron chi connectivity index (χ2n) is 4.23. The normalized spacial score (nSPS) is 11.1. The molecular weight excluding hydrogens is 246 g/mol. The average Bonchev–Trinajstić information content (AvgIpc) is 2.77. The number of pyridine rings is 1. The molecular formula is C14H11NO4. The van der Waals surface area contributed by atoms with E-state index < -0.39 is 5.97 Å². The summed E-state index contributed by atoms with van der Waals surface area (Å²) in [6.07, 6.45) is 0. The number of furan rings is 1. The molecule has 2 heterocycles. The first kappa shape index (κ1) is 11.5. The van der Waals surface area contributed by atoms with E-state index in [1.54, 1.807) is 13.0 Å². The number of para-hydroxylation sites is 1. The molecule has 0 aliphatic rings. The van der Waals surface area contributed by atoms with E-state index in [4.69, 9.17) is 9.15 Å². The number of H-pyrrole nitrogens is 1. The highest BCUT2D eigenvalue weighted by atomic mass is 16.5. The molecule has 19 heavy (non-hydrogen) atoms. The molecule has 0 unspecified atom stereocenters. The van der Waals surface area contributed by atoms with Crippen LogP contribution in [0.2, 0.25) is 0 Å². The van der Waals surface area contributed by atoms with E-state index in [0.29, 0.717) is 22.0 Å². The summed E-state index contributed by atoms with van der Waals surface area (Å²) in [5, 5.41) is 1.65. The summed E-state index contributed by atoms with van der Waals surface area (Å²) in [5.41, 5.74) is 0.385. The van der Waals surface area contributed by atoms with Gasteiger partial charge in [0.15, 0.2) is 0 Å². The molecule has 0 radical (unpaired) electrons. The van der Waals surface area contributed by atoms with Crippen LogP contribution in [-0.4, -0.2) is 18.1 Å². The predicted molar refractivity (Wildman–Crippen MR) is 70.4 cm³/mol. The minimum absolute atomic E-state index is 0.0669. The molecule has 0 saturated carbocycles. The van der Waals surface area contributed by atoms with Crippen LogP contribution in [0.15, 0.2) is 33.5 Å². The molecule has 96 valence electrons. The third-order valence-electron chi connectivity index (χ3n) is 3.13. The highest BCUT2D eigenvalue weighted by Crippen LogP contribution is 2.29. The van der Waals surface area contributed by atoms with E-state index in [2.05, 4.69) is 4.98 Å². The largest absolute Gasteiger partial charge is 0.463 e. The number of ether oxygens (including phenoxy) is 1. The highest BCUT2D eigenvalue weighted by molar-refractivity contribution is 6.14. The zero-order valence-corrected chi connectivity index (χ0v) is 10.4. The van der Waals surface area contributed by atoms with E-state index in [1.165, 1.54) is 7.11 Å². The lowest BCUT2D eigenvalue weighted by Gasteiger charge is -2.00. The monoisotopic (exact) mass is 257 g/mol. The van der Waals surface area contributed by atoms with Gasteiger partial charge in [-0.1, -0.05) is 18.2 Å². The number of esters is 1. The van der Waals surface area contributed by atoms with E-state index in [9.17, 15) is 9.59 Å². The molecule has 2 aromatic heterocycles. The molecule has 3 aromatic rings. The lowest BCUT2D eigenvalue weighted by atomic mass is 10.1. The fraction of sp³-hybridized carbons (Fsp3) is 0.143. The smallest absolute Gasteiger partial charge is 0.374 e. The van der Waals surface area contributed by atoms with Gasteiger partial charge in [0.2, 0.25) is 5.76 Å². The molecule has 0 saturated heterocycles. The van der Waals surface area contributed by atoms with Gasteiger partial charge in [-0.15, -0.1) is 0 Å². The van der Waals surface area contributed by atoms with Crippen LogP contribution in [0.3, 0.4) is 0 Å². The number of hydrogen-bond acceptors (Lipinski definition) is 4. The number of methoxy groups -OCH3 is 1. The molecule has 0 atom stereocenters. The number of benzene rings is 1. The summed E-state index contributed by atoms with van der Waals surface area (Å²) in [6.45, 7) is 1.65. The van der Waals surface area contributed by atoms with Crippen molar-refractivity contribution in [1.82, 2.24) is 4.98 Å². The Morgan fingerprint density at radius 2 is 2.00 bits per heavy atom. The Hall–Kier alpha value is -2.56. The first-order chi connectivity index (χ1) is 9.13. The molecule has 0 amide bonds. The Kier molecular flexibility index (Phi) is 2.41. The van der Waals surface area contributed by atoms with Crippen molar-refractivity contribution in [2.24, 2.45) is 0 Å². The van der Waals surface area contributed by atoms with Crippen LogP contribution < -0.4 is 5.56 Å². The topological polar surface area (TPSA) is 72.3 Å². The molecule has 0 fully saturated rings. The van der Waals surface area contributed by atoms with Crippen molar-refractivity contribution in [3.63, 3.8) is 0 Å². The molecule has 3 rings (SSSR count). The van der Waals surface area contributed by atoms with Crippen LogP contribution in [0.4, 0.5) is 0 Å². The average molecular weight is 257 g/mol. The van der Waals surface area contributed by atoms with E-state index >= 15 is 0 Å². The van der Waals surface area contributed by atoms with Gasteiger partial charge in [0.1, 0.15) is 5.76 Å². The Morgan fingerprint density at radius 3 is 2.74 bits per heavy atom. The Labute approximate surface area is 107 Å². The van der Waals surface area contributed by atoms with Gasteiger partial charge < -0.3 is 14.1 Å². The number of rotatable bonds is 1. The Morgan fingerprint density at radius 1 is 1.26 bits per heavy atom. The van der Waals surface area contributed by atoms with Crippen molar-refractivity contribution in [3.8, 4) is 0 Å². The quantitative estimate of drug-likeness (QED) is 0.679. The van der Waals surface area contributed by atoms with Crippen molar-refractivity contribution >= 4 is 27.6 Å². The molecule has 0 aliphatic carbocycles. The SMILES string of the molecule is COC(=O)c1oc(C)c2c(=O)[nH]c3ccccc3c12. The van der Waals surface area contributed by atoms with Gasteiger partial charge in [0.25, 0.3) is 5.56 Å². The number of hydrogen-bond donors (Lipinski definition) is 1. The first-order valence-electron chi connectivity index (χ1n) is 5.76. The van der Waals surface area contributed by atoms with Crippen molar-refractivity contribution in [2.75, 3.05) is 7.11 Å². The van der Waals surface area contributed by atoms with Gasteiger partial charge in [0.05, 0.1) is 17.9 Å². The number of fused-ring (bicyclic) bond motifs is 3. The van der Waals surface area contributed by atoms with Crippen molar-refractivity contribution in [1.29, 1.82) is 0 Å². The molecule has 0 aliphatic heterocycles. The van der Waals surface area contributed by atoms with Crippen LogP contribution in [0.1, 0.15) is 16.3 Å². The summed E-state index contributed by atoms with van der Waals surface area (Å²) in [5.74, 6) is -0.117. The molecule has 0 bridgehead atoms. The number of carbonyl (C=O) groups is 1. The second kappa shape index (κ2) is 3.98. The Bertz CT molecular complexity index is 857. The van der Waals surface area contributed by atoms with Crippen molar-refractivity contribution in [2.45, 2.75) is 6.92 Å². The lowest BCUT2D eigenvalue weighted by molar-refractivity contribution is 0.0566. The summed E-state index contributed by atoms with van der Waals surface area (Å²) in [6, 6.07) is 7.26. The molecule has 1 N–H and O–H groups in total. The minimum atomic E-state index is -0.589. The van der Waals surface area contributed by atoms with Gasteiger partial charge in [-0.05, 0) is 13.0 Å². The van der Waals surface area contributed by atoms with Gasteiger partial charge in [-0.25, -0.2) is 4.79 Å². The third kappa shape index (κ3) is 1.55. The standard InChI is InChI=1S/C14H11NO4/c1-7-10-11(12(19-7)14(17)18-2)8-5-3-4-6-9(8)15-13(10)16/h3-6H,1-2H3,(H,15,16). The van der Waals surface area contributed by atoms with E-state index in [-0.39, 0.29) is 11.3 Å². The van der Waals surface area contributed by atoms with Crippen molar-refractivity contribution < 1.29 is 13.9 Å². The van der Waals surface area contributed by atoms with Crippen LogP contribution in [0.5, 0.6) is 0 Å². The maximum absolute atomic E-state index is 12.1. The number of aromatic amines is 1. The fourth-order valence-corrected chi connectivity index (χ4v) is 2.31. The minimum Gasteiger partial charge on any atom is -0.463 e. The molecule has 5 heteroatoms. The van der Waals surface area contributed by atoms with Crippen LogP contribution in [0, 0.1) is 6.92 Å². The lowest BCUT2D eigenvalue weighted by Crippen LogP contribution is -2.07. The molecule has 5 nitrogen and oxygen atoms in total. The van der Waals surface area contributed by atoms with Gasteiger partial charge >= 0.3 is 5.97 Å². The van der Waals surface area contributed by atoms with Gasteiger partial charge in [0, 0.05) is 10.9 Å². The van der Waals surface area contributed by atoms with Crippen molar-refractivity contribution in [3.05, 3.63) is 46.1 Å². The van der Waals surface area contributed by atoms with E-state index in [1.807, 2.05) is 18.2 Å². The zero-order valence-electron chi connectivity index (χ0n) is 10.4. The maximum atomic E-state index is 12.1. The number of carbonyl (C=O) groups excluding carboxylic acids is 1. The van der Waals surface area contributed by atoms with Gasteiger partial charge in [-0.2, -0.15) is 0 Å².